The van der Waals surface area contributed by atoms with Crippen LogP contribution in [-0.4, -0.2) is 50.6 Å². The average Bonchev–Trinajstić information content (AvgIpc) is 2.50. The summed E-state index contributed by atoms with van der Waals surface area (Å²) >= 11 is 0. The molecule has 0 aromatic heterocycles. The molecule has 1 aromatic rings. The van der Waals surface area contributed by atoms with E-state index in [9.17, 15) is 9.59 Å². The van der Waals surface area contributed by atoms with Gasteiger partial charge in [0, 0.05) is 32.9 Å². The quantitative estimate of drug-likeness (QED) is 0.748. The van der Waals surface area contributed by atoms with Crippen LogP contribution in [0, 0.1) is 0 Å². The molecule has 0 unspecified atom stereocenters. The van der Waals surface area contributed by atoms with Crippen LogP contribution in [0.4, 0.5) is 0 Å². The Morgan fingerprint density at radius 2 is 1.86 bits per heavy atom. The van der Waals surface area contributed by atoms with E-state index in [1.807, 2.05) is 24.3 Å². The Hall–Kier alpha value is -1.88. The summed E-state index contributed by atoms with van der Waals surface area (Å²) in [6.45, 7) is 5.43. The van der Waals surface area contributed by atoms with Gasteiger partial charge in [0.2, 0.25) is 5.91 Å². The number of hydrogen-bond acceptors (Lipinski definition) is 3. The first kappa shape index (κ1) is 18.2. The van der Waals surface area contributed by atoms with E-state index >= 15 is 0 Å². The van der Waals surface area contributed by atoms with Crippen molar-refractivity contribution in [2.75, 3.05) is 33.9 Å². The summed E-state index contributed by atoms with van der Waals surface area (Å²) in [5, 5.41) is 2.77. The lowest BCUT2D eigenvalue weighted by atomic mass is 10.0. The van der Waals surface area contributed by atoms with Gasteiger partial charge in [0.05, 0.1) is 6.54 Å². The largest absolute Gasteiger partial charge is 0.385 e. The zero-order valence-corrected chi connectivity index (χ0v) is 13.9. The standard InChI is InChI=1S/C17H26N2O3/c1-13(2)14-6-8-15(9-7-14)17(21)19(3)12-16(20)18-10-5-11-22-4/h6-9,13H,5,10-12H2,1-4H3,(H,18,20). The molecule has 22 heavy (non-hydrogen) atoms. The predicted octanol–water partition coefficient (Wildman–Crippen LogP) is 2.03. The topological polar surface area (TPSA) is 58.6 Å². The fraction of sp³-hybridized carbons (Fsp3) is 0.529. The molecule has 0 atom stereocenters. The Bertz CT molecular complexity index is 483. The maximum atomic E-state index is 12.3. The van der Waals surface area contributed by atoms with E-state index in [-0.39, 0.29) is 18.4 Å². The molecule has 0 bridgehead atoms. The summed E-state index contributed by atoms with van der Waals surface area (Å²) < 4.78 is 4.91. The molecule has 5 heteroatoms. The van der Waals surface area contributed by atoms with Gasteiger partial charge in [0.25, 0.3) is 5.91 Å². The number of hydrogen-bond donors (Lipinski definition) is 1. The molecule has 1 N–H and O–H groups in total. The van der Waals surface area contributed by atoms with Crippen molar-refractivity contribution in [3.8, 4) is 0 Å². The van der Waals surface area contributed by atoms with E-state index in [1.54, 1.807) is 14.2 Å². The van der Waals surface area contributed by atoms with Gasteiger partial charge in [0.1, 0.15) is 0 Å². The molecule has 0 aliphatic carbocycles. The van der Waals surface area contributed by atoms with Gasteiger partial charge in [-0.15, -0.1) is 0 Å². The molecular weight excluding hydrogens is 280 g/mol. The predicted molar refractivity (Wildman–Crippen MR) is 87.0 cm³/mol. The normalized spacial score (nSPS) is 10.6. The van der Waals surface area contributed by atoms with Crippen molar-refractivity contribution in [2.45, 2.75) is 26.2 Å². The SMILES string of the molecule is COCCCNC(=O)CN(C)C(=O)c1ccc(C(C)C)cc1. The number of likely N-dealkylation sites (N-methyl/N-ethyl adjacent to an activating group) is 1. The molecule has 0 heterocycles. The molecule has 2 amide bonds. The zero-order valence-electron chi connectivity index (χ0n) is 13.9. The van der Waals surface area contributed by atoms with Crippen LogP contribution in [0.2, 0.25) is 0 Å². The molecule has 5 nitrogen and oxygen atoms in total. The van der Waals surface area contributed by atoms with Crippen molar-refractivity contribution in [1.29, 1.82) is 0 Å². The fourth-order valence-electron chi connectivity index (χ4n) is 2.02. The first-order valence-electron chi connectivity index (χ1n) is 7.56. The van der Waals surface area contributed by atoms with Gasteiger partial charge in [-0.2, -0.15) is 0 Å². The van der Waals surface area contributed by atoms with E-state index in [1.165, 1.54) is 10.5 Å². The van der Waals surface area contributed by atoms with Gasteiger partial charge in [-0.25, -0.2) is 0 Å². The van der Waals surface area contributed by atoms with E-state index < -0.39 is 0 Å². The molecule has 0 fully saturated rings. The third-order valence-corrected chi connectivity index (χ3v) is 3.40. The molecule has 0 aliphatic rings. The summed E-state index contributed by atoms with van der Waals surface area (Å²) in [5.74, 6) is 0.118. The number of amides is 2. The Morgan fingerprint density at radius 1 is 1.23 bits per heavy atom. The summed E-state index contributed by atoms with van der Waals surface area (Å²) in [5.41, 5.74) is 1.79. The lowest BCUT2D eigenvalue weighted by Gasteiger charge is -2.17. The van der Waals surface area contributed by atoms with Crippen LogP contribution < -0.4 is 5.32 Å². The number of rotatable bonds is 8. The van der Waals surface area contributed by atoms with Crippen LogP contribution in [0.1, 0.15) is 42.1 Å². The molecule has 122 valence electrons. The van der Waals surface area contributed by atoms with Crippen LogP contribution in [0.25, 0.3) is 0 Å². The van der Waals surface area contributed by atoms with E-state index in [0.717, 1.165) is 6.42 Å². The summed E-state index contributed by atoms with van der Waals surface area (Å²) in [6.07, 6.45) is 0.760. The Morgan fingerprint density at radius 3 is 2.41 bits per heavy atom. The van der Waals surface area contributed by atoms with Crippen molar-refractivity contribution >= 4 is 11.8 Å². The summed E-state index contributed by atoms with van der Waals surface area (Å²) in [6, 6.07) is 7.53. The number of carbonyl (C=O) groups is 2. The van der Waals surface area contributed by atoms with Crippen molar-refractivity contribution in [1.82, 2.24) is 10.2 Å². The highest BCUT2D eigenvalue weighted by atomic mass is 16.5. The number of benzene rings is 1. The average molecular weight is 306 g/mol. The van der Waals surface area contributed by atoms with Crippen LogP contribution >= 0.6 is 0 Å². The van der Waals surface area contributed by atoms with Crippen molar-refractivity contribution in [3.63, 3.8) is 0 Å². The number of methoxy groups -OCH3 is 1. The number of nitrogens with one attached hydrogen (secondary N) is 1. The van der Waals surface area contributed by atoms with Gasteiger partial charge in [-0.3, -0.25) is 9.59 Å². The van der Waals surface area contributed by atoms with Crippen molar-refractivity contribution in [3.05, 3.63) is 35.4 Å². The first-order valence-corrected chi connectivity index (χ1v) is 7.56. The molecule has 0 saturated carbocycles. The highest BCUT2D eigenvalue weighted by Crippen LogP contribution is 2.15. The smallest absolute Gasteiger partial charge is 0.254 e. The van der Waals surface area contributed by atoms with Crippen LogP contribution in [-0.2, 0) is 9.53 Å². The van der Waals surface area contributed by atoms with Gasteiger partial charge >= 0.3 is 0 Å². The third kappa shape index (κ3) is 5.85. The lowest BCUT2D eigenvalue weighted by molar-refractivity contribution is -0.121. The highest BCUT2D eigenvalue weighted by Gasteiger charge is 2.14. The monoisotopic (exact) mass is 306 g/mol. The van der Waals surface area contributed by atoms with Gasteiger partial charge in [-0.1, -0.05) is 26.0 Å². The van der Waals surface area contributed by atoms with E-state index in [4.69, 9.17) is 4.74 Å². The summed E-state index contributed by atoms with van der Waals surface area (Å²) in [7, 11) is 3.26. The maximum Gasteiger partial charge on any atom is 0.254 e. The minimum Gasteiger partial charge on any atom is -0.385 e. The number of carbonyl (C=O) groups excluding carboxylic acids is 2. The minimum absolute atomic E-state index is 0.0533. The molecule has 0 saturated heterocycles. The molecular formula is C17H26N2O3. The first-order chi connectivity index (χ1) is 10.5. The maximum absolute atomic E-state index is 12.3. The molecule has 1 rings (SSSR count). The summed E-state index contributed by atoms with van der Waals surface area (Å²) in [4.78, 5) is 25.4. The number of nitrogens with zero attached hydrogens (tertiary/aromatic N) is 1. The minimum atomic E-state index is -0.161. The second-order valence-electron chi connectivity index (χ2n) is 5.63. The van der Waals surface area contributed by atoms with Crippen LogP contribution in [0.15, 0.2) is 24.3 Å². The Kier molecular flexibility index (Phi) is 7.60. The van der Waals surface area contributed by atoms with Gasteiger partial charge in [0.15, 0.2) is 0 Å². The fourth-order valence-corrected chi connectivity index (χ4v) is 2.02. The highest BCUT2D eigenvalue weighted by molar-refractivity contribution is 5.96. The third-order valence-electron chi connectivity index (χ3n) is 3.40. The van der Waals surface area contributed by atoms with E-state index in [2.05, 4.69) is 19.2 Å². The van der Waals surface area contributed by atoms with Crippen molar-refractivity contribution < 1.29 is 14.3 Å². The second kappa shape index (κ2) is 9.20. The molecule has 0 spiro atoms. The zero-order chi connectivity index (χ0) is 16.5. The van der Waals surface area contributed by atoms with Crippen molar-refractivity contribution in [2.24, 2.45) is 0 Å². The van der Waals surface area contributed by atoms with Crippen LogP contribution in [0.5, 0.6) is 0 Å². The van der Waals surface area contributed by atoms with Crippen LogP contribution in [0.3, 0.4) is 0 Å². The van der Waals surface area contributed by atoms with Gasteiger partial charge < -0.3 is 15.0 Å². The lowest BCUT2D eigenvalue weighted by Crippen LogP contribution is -2.38. The Balaban J connectivity index is 2.48. The molecule has 0 aliphatic heterocycles. The molecule has 1 aromatic carbocycles. The second-order valence-corrected chi connectivity index (χ2v) is 5.63. The van der Waals surface area contributed by atoms with Gasteiger partial charge in [-0.05, 0) is 30.0 Å². The van der Waals surface area contributed by atoms with E-state index in [0.29, 0.717) is 24.6 Å². The molecule has 0 radical (unpaired) electrons. The Labute approximate surface area is 132 Å². The number of ether oxygens (including phenoxy) is 1.